The molecule has 0 saturated heterocycles. The summed E-state index contributed by atoms with van der Waals surface area (Å²) >= 11 is 12.0. The number of carbonyl (C=O) groups excluding carboxylic acids is 2. The monoisotopic (exact) mass is 312 g/mol. The molecule has 0 atom stereocenters. The SMILES string of the molecule is O=C(CCS)OCC(CCS)COC(=O)CCS. The van der Waals surface area contributed by atoms with Gasteiger partial charge in [0.1, 0.15) is 0 Å². The second kappa shape index (κ2) is 12.0. The predicted molar refractivity (Wildman–Crippen MR) is 80.8 cm³/mol. The van der Waals surface area contributed by atoms with E-state index in [9.17, 15) is 9.59 Å². The Bertz CT molecular complexity index is 226. The van der Waals surface area contributed by atoms with Gasteiger partial charge < -0.3 is 9.47 Å². The summed E-state index contributed by atoms with van der Waals surface area (Å²) in [5.41, 5.74) is 0. The molecule has 0 saturated carbocycles. The first kappa shape index (κ1) is 18.0. The molecule has 0 radical (unpaired) electrons. The molecule has 0 aliphatic heterocycles. The van der Waals surface area contributed by atoms with Crippen molar-refractivity contribution in [1.29, 1.82) is 0 Å². The number of hydrogen-bond donors (Lipinski definition) is 3. The van der Waals surface area contributed by atoms with Gasteiger partial charge in [-0.2, -0.15) is 37.9 Å². The Labute approximate surface area is 124 Å². The largest absolute Gasteiger partial charge is 0.465 e. The maximum absolute atomic E-state index is 11.2. The number of hydrogen-bond acceptors (Lipinski definition) is 7. The van der Waals surface area contributed by atoms with Crippen LogP contribution in [0.5, 0.6) is 0 Å². The molecule has 0 unspecified atom stereocenters. The average molecular weight is 312 g/mol. The molecule has 0 spiro atoms. The van der Waals surface area contributed by atoms with Crippen molar-refractivity contribution < 1.29 is 19.1 Å². The Morgan fingerprint density at radius 3 is 1.61 bits per heavy atom. The summed E-state index contributed by atoms with van der Waals surface area (Å²) < 4.78 is 10.1. The van der Waals surface area contributed by atoms with Gasteiger partial charge in [0.05, 0.1) is 26.1 Å². The van der Waals surface area contributed by atoms with Gasteiger partial charge in [-0.15, -0.1) is 0 Å². The van der Waals surface area contributed by atoms with Gasteiger partial charge in [0, 0.05) is 17.4 Å². The van der Waals surface area contributed by atoms with Crippen molar-refractivity contribution in [2.24, 2.45) is 5.92 Å². The summed E-state index contributed by atoms with van der Waals surface area (Å²) in [5.74, 6) is 1.01. The maximum Gasteiger partial charge on any atom is 0.306 e. The summed E-state index contributed by atoms with van der Waals surface area (Å²) in [5, 5.41) is 0. The van der Waals surface area contributed by atoms with E-state index in [4.69, 9.17) is 9.47 Å². The Balaban J connectivity index is 3.91. The van der Waals surface area contributed by atoms with E-state index in [2.05, 4.69) is 37.9 Å². The highest BCUT2D eigenvalue weighted by molar-refractivity contribution is 7.80. The minimum Gasteiger partial charge on any atom is -0.465 e. The van der Waals surface area contributed by atoms with Gasteiger partial charge in [0.15, 0.2) is 0 Å². The third-order valence-corrected chi connectivity index (χ3v) is 2.83. The van der Waals surface area contributed by atoms with Crippen LogP contribution in [-0.2, 0) is 19.1 Å². The minimum atomic E-state index is -0.282. The summed E-state index contributed by atoms with van der Waals surface area (Å²) in [6.45, 7) is 0.503. The third-order valence-electron chi connectivity index (χ3n) is 2.13. The van der Waals surface area contributed by atoms with E-state index in [1.807, 2.05) is 0 Å². The molecule has 18 heavy (non-hydrogen) atoms. The first-order valence-electron chi connectivity index (χ1n) is 5.77. The molecule has 0 aromatic heterocycles. The van der Waals surface area contributed by atoms with Crippen LogP contribution in [0.15, 0.2) is 0 Å². The van der Waals surface area contributed by atoms with E-state index in [0.29, 0.717) is 17.3 Å². The average Bonchev–Trinajstić information content (AvgIpc) is 2.33. The van der Waals surface area contributed by atoms with E-state index in [1.165, 1.54) is 0 Å². The molecule has 7 heteroatoms. The number of carbonyl (C=O) groups is 2. The summed E-state index contributed by atoms with van der Waals surface area (Å²) in [6.07, 6.45) is 1.30. The molecule has 0 aromatic rings. The Kier molecular flexibility index (Phi) is 12.0. The highest BCUT2D eigenvalue weighted by Crippen LogP contribution is 2.08. The second-order valence-electron chi connectivity index (χ2n) is 3.69. The Morgan fingerprint density at radius 2 is 1.28 bits per heavy atom. The zero-order valence-electron chi connectivity index (χ0n) is 10.2. The van der Waals surface area contributed by atoms with E-state index in [0.717, 1.165) is 6.42 Å². The topological polar surface area (TPSA) is 52.6 Å². The van der Waals surface area contributed by atoms with Crippen LogP contribution in [0.3, 0.4) is 0 Å². The Hall–Kier alpha value is -0.0100. The zero-order chi connectivity index (χ0) is 13.8. The molecule has 0 aromatic carbocycles. The molecular weight excluding hydrogens is 292 g/mol. The predicted octanol–water partition coefficient (Wildman–Crippen LogP) is 1.65. The lowest BCUT2D eigenvalue weighted by atomic mass is 10.1. The number of esters is 2. The van der Waals surface area contributed by atoms with Crippen LogP contribution in [0, 0.1) is 5.92 Å². The molecule has 0 aliphatic carbocycles. The Morgan fingerprint density at radius 1 is 0.833 bits per heavy atom. The lowest BCUT2D eigenvalue weighted by molar-refractivity contribution is -0.148. The molecule has 0 heterocycles. The van der Waals surface area contributed by atoms with Crippen LogP contribution in [0.2, 0.25) is 0 Å². The molecule has 0 rings (SSSR count). The fourth-order valence-electron chi connectivity index (χ4n) is 1.15. The molecule has 0 N–H and O–H groups in total. The molecule has 0 bridgehead atoms. The van der Waals surface area contributed by atoms with Crippen LogP contribution in [0.4, 0.5) is 0 Å². The normalized spacial score (nSPS) is 10.4. The van der Waals surface area contributed by atoms with Crippen molar-refractivity contribution in [1.82, 2.24) is 0 Å². The lowest BCUT2D eigenvalue weighted by Crippen LogP contribution is -2.21. The van der Waals surface area contributed by atoms with Crippen molar-refractivity contribution in [2.45, 2.75) is 19.3 Å². The van der Waals surface area contributed by atoms with Crippen LogP contribution in [0.1, 0.15) is 19.3 Å². The van der Waals surface area contributed by atoms with Crippen molar-refractivity contribution >= 4 is 49.8 Å². The van der Waals surface area contributed by atoms with Gasteiger partial charge in [0.2, 0.25) is 0 Å². The second-order valence-corrected chi connectivity index (χ2v) is 5.03. The van der Waals surface area contributed by atoms with Gasteiger partial charge in [-0.3, -0.25) is 9.59 Å². The maximum atomic E-state index is 11.2. The highest BCUT2D eigenvalue weighted by atomic mass is 32.1. The zero-order valence-corrected chi connectivity index (χ0v) is 12.9. The third kappa shape index (κ3) is 9.96. The smallest absolute Gasteiger partial charge is 0.306 e. The van der Waals surface area contributed by atoms with E-state index in [-0.39, 0.29) is 43.9 Å². The van der Waals surface area contributed by atoms with Gasteiger partial charge in [-0.1, -0.05) is 0 Å². The van der Waals surface area contributed by atoms with Gasteiger partial charge in [0.25, 0.3) is 0 Å². The molecular formula is C11H20O4S3. The molecule has 0 fully saturated rings. The minimum absolute atomic E-state index is 0.00441. The molecule has 106 valence electrons. The fraction of sp³-hybridized carbons (Fsp3) is 0.818. The lowest BCUT2D eigenvalue weighted by Gasteiger charge is -2.16. The summed E-state index contributed by atoms with van der Waals surface area (Å²) in [7, 11) is 0. The first-order valence-corrected chi connectivity index (χ1v) is 7.67. The summed E-state index contributed by atoms with van der Waals surface area (Å²) in [4.78, 5) is 22.4. The van der Waals surface area contributed by atoms with E-state index < -0.39 is 0 Å². The van der Waals surface area contributed by atoms with Crippen LogP contribution >= 0.6 is 37.9 Å². The number of ether oxygens (including phenoxy) is 2. The molecule has 4 nitrogen and oxygen atoms in total. The number of rotatable bonds is 10. The van der Waals surface area contributed by atoms with Gasteiger partial charge in [-0.25, -0.2) is 0 Å². The van der Waals surface area contributed by atoms with Crippen LogP contribution in [0.25, 0.3) is 0 Å². The fourth-order valence-corrected chi connectivity index (χ4v) is 1.88. The van der Waals surface area contributed by atoms with Crippen molar-refractivity contribution in [3.8, 4) is 0 Å². The summed E-state index contributed by atoms with van der Waals surface area (Å²) in [6, 6.07) is 0. The van der Waals surface area contributed by atoms with Crippen molar-refractivity contribution in [3.63, 3.8) is 0 Å². The van der Waals surface area contributed by atoms with Gasteiger partial charge >= 0.3 is 11.9 Å². The highest BCUT2D eigenvalue weighted by Gasteiger charge is 2.14. The molecule has 0 aliphatic rings. The van der Waals surface area contributed by atoms with Crippen LogP contribution < -0.4 is 0 Å². The van der Waals surface area contributed by atoms with Gasteiger partial charge in [-0.05, 0) is 12.2 Å². The van der Waals surface area contributed by atoms with Crippen LogP contribution in [-0.4, -0.2) is 42.4 Å². The first-order chi connectivity index (χ1) is 8.63. The quantitative estimate of drug-likeness (QED) is 0.424. The van der Waals surface area contributed by atoms with Crippen molar-refractivity contribution in [2.75, 3.05) is 30.5 Å². The van der Waals surface area contributed by atoms with E-state index in [1.54, 1.807) is 0 Å². The molecule has 0 amide bonds. The van der Waals surface area contributed by atoms with Crippen molar-refractivity contribution in [3.05, 3.63) is 0 Å². The standard InChI is InChI=1S/C11H20O4S3/c12-10(2-5-17)14-7-9(1-4-16)8-15-11(13)3-6-18/h9,16-18H,1-8H2. The van der Waals surface area contributed by atoms with E-state index >= 15 is 0 Å². The number of thiol groups is 3.